The van der Waals surface area contributed by atoms with Crippen LogP contribution in [0.25, 0.3) is 0 Å². The lowest BCUT2D eigenvalue weighted by Gasteiger charge is -2.25. The van der Waals surface area contributed by atoms with Crippen LogP contribution in [0.15, 0.2) is 24.3 Å². The maximum absolute atomic E-state index is 12.4. The summed E-state index contributed by atoms with van der Waals surface area (Å²) in [6.45, 7) is 8.77. The number of nitrogens with one attached hydrogen (secondary N) is 2. The van der Waals surface area contributed by atoms with Gasteiger partial charge in [0.2, 0.25) is 5.91 Å². The van der Waals surface area contributed by atoms with E-state index in [-0.39, 0.29) is 11.5 Å². The van der Waals surface area contributed by atoms with Gasteiger partial charge in [0.25, 0.3) is 0 Å². The molecular weight excluding hydrogens is 312 g/mol. The number of benzene rings is 1. The fourth-order valence-electron chi connectivity index (χ4n) is 1.92. The van der Waals surface area contributed by atoms with E-state index in [1.807, 2.05) is 0 Å². The molecule has 0 saturated carbocycles. The maximum Gasteiger partial charge on any atom is 0.408 e. The molecule has 0 fully saturated rings. The van der Waals surface area contributed by atoms with Gasteiger partial charge in [-0.3, -0.25) is 4.79 Å². The average Bonchev–Trinajstić information content (AvgIpc) is 2.42. The Morgan fingerprint density at radius 1 is 1.17 bits per heavy atom. The van der Waals surface area contributed by atoms with Crippen LogP contribution in [0.5, 0.6) is 0 Å². The Hall–Kier alpha value is -2.57. The molecular formula is C17H24N2O5. The summed E-state index contributed by atoms with van der Waals surface area (Å²) in [6, 6.07) is 5.08. The Kier molecular flexibility index (Phi) is 6.34. The van der Waals surface area contributed by atoms with Crippen molar-refractivity contribution in [2.45, 2.75) is 46.3 Å². The predicted octanol–water partition coefficient (Wildman–Crippen LogP) is 2.87. The van der Waals surface area contributed by atoms with E-state index in [2.05, 4.69) is 10.6 Å². The van der Waals surface area contributed by atoms with Gasteiger partial charge in [0.1, 0.15) is 11.6 Å². The number of hydrogen-bond acceptors (Lipinski definition) is 4. The van der Waals surface area contributed by atoms with Gasteiger partial charge in [-0.1, -0.05) is 19.9 Å². The van der Waals surface area contributed by atoms with Gasteiger partial charge in [-0.05, 0) is 44.9 Å². The summed E-state index contributed by atoms with van der Waals surface area (Å²) < 4.78 is 5.16. The molecule has 0 heterocycles. The number of rotatable bonds is 5. The lowest BCUT2D eigenvalue weighted by Crippen LogP contribution is -2.48. The molecule has 0 aromatic heterocycles. The van der Waals surface area contributed by atoms with E-state index in [9.17, 15) is 14.4 Å². The molecule has 7 nitrogen and oxygen atoms in total. The highest BCUT2D eigenvalue weighted by atomic mass is 16.6. The van der Waals surface area contributed by atoms with Crippen molar-refractivity contribution in [3.05, 3.63) is 29.8 Å². The minimum Gasteiger partial charge on any atom is -0.478 e. The topological polar surface area (TPSA) is 105 Å². The van der Waals surface area contributed by atoms with E-state index in [1.54, 1.807) is 40.7 Å². The number of carbonyl (C=O) groups is 3. The molecule has 0 unspecified atom stereocenters. The van der Waals surface area contributed by atoms with Gasteiger partial charge in [0, 0.05) is 5.69 Å². The van der Waals surface area contributed by atoms with Gasteiger partial charge in [-0.15, -0.1) is 0 Å². The van der Waals surface area contributed by atoms with Crippen LogP contribution in [0, 0.1) is 5.92 Å². The van der Waals surface area contributed by atoms with Crippen LogP contribution in [0.4, 0.5) is 10.5 Å². The Morgan fingerprint density at radius 3 is 2.29 bits per heavy atom. The van der Waals surface area contributed by atoms with Crippen LogP contribution in [0.2, 0.25) is 0 Å². The van der Waals surface area contributed by atoms with Gasteiger partial charge in [0.05, 0.1) is 5.56 Å². The molecule has 0 radical (unpaired) electrons. The number of alkyl carbamates (subject to hydrolysis) is 1. The molecule has 1 aromatic rings. The van der Waals surface area contributed by atoms with Crippen molar-refractivity contribution >= 4 is 23.7 Å². The van der Waals surface area contributed by atoms with Crippen LogP contribution in [-0.2, 0) is 9.53 Å². The first-order chi connectivity index (χ1) is 11.0. The molecule has 24 heavy (non-hydrogen) atoms. The standard InChI is InChI=1S/C17H24N2O5/c1-10(2)13(19-16(23)24-17(3,4)5)14(20)18-12-8-6-7-11(9-12)15(21)22/h6-10,13H,1-5H3,(H,18,20)(H,19,23)(H,21,22)/t13-/m0/s1. The Labute approximate surface area is 141 Å². The number of anilines is 1. The highest BCUT2D eigenvalue weighted by Gasteiger charge is 2.27. The Morgan fingerprint density at radius 2 is 1.79 bits per heavy atom. The highest BCUT2D eigenvalue weighted by Crippen LogP contribution is 2.14. The number of carboxylic acids is 1. The second-order valence-electron chi connectivity index (χ2n) is 6.74. The Balaban J connectivity index is 2.82. The van der Waals surface area contributed by atoms with Crippen LogP contribution >= 0.6 is 0 Å². The first-order valence-corrected chi connectivity index (χ1v) is 7.63. The molecule has 7 heteroatoms. The zero-order chi connectivity index (χ0) is 18.5. The van der Waals surface area contributed by atoms with Crippen molar-refractivity contribution in [1.29, 1.82) is 0 Å². The fraction of sp³-hybridized carbons (Fsp3) is 0.471. The summed E-state index contributed by atoms with van der Waals surface area (Å²) in [5.41, 5.74) is -0.261. The SMILES string of the molecule is CC(C)[C@H](NC(=O)OC(C)(C)C)C(=O)Nc1cccc(C(=O)O)c1. The van der Waals surface area contributed by atoms with Crippen molar-refractivity contribution in [1.82, 2.24) is 5.32 Å². The van der Waals surface area contributed by atoms with Gasteiger partial charge >= 0.3 is 12.1 Å². The van der Waals surface area contributed by atoms with E-state index in [0.29, 0.717) is 5.69 Å². The van der Waals surface area contributed by atoms with Gasteiger partial charge in [0.15, 0.2) is 0 Å². The fourth-order valence-corrected chi connectivity index (χ4v) is 1.92. The van der Waals surface area contributed by atoms with Gasteiger partial charge in [-0.2, -0.15) is 0 Å². The molecule has 0 aliphatic carbocycles. The predicted molar refractivity (Wildman–Crippen MR) is 90.0 cm³/mol. The van der Waals surface area contributed by atoms with Crippen molar-refractivity contribution in [2.24, 2.45) is 5.92 Å². The van der Waals surface area contributed by atoms with E-state index in [0.717, 1.165) is 0 Å². The molecule has 0 bridgehead atoms. The number of amides is 2. The molecule has 0 aliphatic heterocycles. The lowest BCUT2D eigenvalue weighted by molar-refractivity contribution is -0.119. The van der Waals surface area contributed by atoms with Crippen LogP contribution in [0.3, 0.4) is 0 Å². The van der Waals surface area contributed by atoms with Crippen LogP contribution in [-0.4, -0.2) is 34.7 Å². The molecule has 1 rings (SSSR count). The average molecular weight is 336 g/mol. The molecule has 2 amide bonds. The molecule has 0 saturated heterocycles. The maximum atomic E-state index is 12.4. The molecule has 1 atom stereocenters. The summed E-state index contributed by atoms with van der Waals surface area (Å²) in [5, 5.41) is 14.1. The van der Waals surface area contributed by atoms with Gasteiger partial charge < -0.3 is 20.5 Å². The van der Waals surface area contributed by atoms with E-state index >= 15 is 0 Å². The van der Waals surface area contributed by atoms with Crippen molar-refractivity contribution in [3.63, 3.8) is 0 Å². The Bertz CT molecular complexity index is 620. The first kappa shape index (κ1) is 19.5. The third-order valence-electron chi connectivity index (χ3n) is 3.00. The summed E-state index contributed by atoms with van der Waals surface area (Å²) in [6.07, 6.45) is -0.685. The monoisotopic (exact) mass is 336 g/mol. The third kappa shape index (κ3) is 6.28. The number of carbonyl (C=O) groups excluding carboxylic acids is 2. The first-order valence-electron chi connectivity index (χ1n) is 7.63. The lowest BCUT2D eigenvalue weighted by atomic mass is 10.0. The van der Waals surface area contributed by atoms with E-state index < -0.39 is 29.6 Å². The summed E-state index contributed by atoms with van der Waals surface area (Å²) in [4.78, 5) is 35.3. The van der Waals surface area contributed by atoms with E-state index in [4.69, 9.17) is 9.84 Å². The van der Waals surface area contributed by atoms with Crippen LogP contribution in [0.1, 0.15) is 45.0 Å². The molecule has 3 N–H and O–H groups in total. The summed E-state index contributed by atoms with van der Waals surface area (Å²) in [7, 11) is 0. The normalized spacial score (nSPS) is 12.4. The largest absolute Gasteiger partial charge is 0.478 e. The molecule has 1 aromatic carbocycles. The number of hydrogen-bond donors (Lipinski definition) is 3. The second kappa shape index (κ2) is 7.81. The second-order valence-corrected chi connectivity index (χ2v) is 6.74. The van der Waals surface area contributed by atoms with Crippen molar-refractivity contribution in [2.75, 3.05) is 5.32 Å². The minimum absolute atomic E-state index is 0.0639. The minimum atomic E-state index is -1.08. The van der Waals surface area contributed by atoms with E-state index in [1.165, 1.54) is 18.2 Å². The van der Waals surface area contributed by atoms with Crippen molar-refractivity contribution in [3.8, 4) is 0 Å². The number of ether oxygens (including phenoxy) is 1. The van der Waals surface area contributed by atoms with Crippen LogP contribution < -0.4 is 10.6 Å². The number of aromatic carboxylic acids is 1. The quantitative estimate of drug-likeness (QED) is 0.767. The summed E-state index contributed by atoms with van der Waals surface area (Å²) in [5.74, 6) is -1.71. The smallest absolute Gasteiger partial charge is 0.408 e. The summed E-state index contributed by atoms with van der Waals surface area (Å²) >= 11 is 0. The molecule has 0 aliphatic rings. The zero-order valence-corrected chi connectivity index (χ0v) is 14.5. The van der Waals surface area contributed by atoms with Crippen molar-refractivity contribution < 1.29 is 24.2 Å². The molecule has 132 valence electrons. The number of carboxylic acid groups (broad SMARTS) is 1. The zero-order valence-electron chi connectivity index (χ0n) is 14.5. The highest BCUT2D eigenvalue weighted by molar-refractivity contribution is 5.98. The molecule has 0 spiro atoms. The third-order valence-corrected chi connectivity index (χ3v) is 3.00. The van der Waals surface area contributed by atoms with Gasteiger partial charge in [-0.25, -0.2) is 9.59 Å².